The molecule has 2 N–H and O–H groups in total. The summed E-state index contributed by atoms with van der Waals surface area (Å²) in [5.41, 5.74) is 7.12. The van der Waals surface area contributed by atoms with Crippen LogP contribution in [-0.2, 0) is 41.9 Å². The Labute approximate surface area is 162 Å². The predicted octanol–water partition coefficient (Wildman–Crippen LogP) is 1.72. The van der Waals surface area contributed by atoms with Crippen molar-refractivity contribution in [1.82, 2.24) is 0 Å². The molecule has 146 valence electrons. The molecular formula is C21H21NO6. The van der Waals surface area contributed by atoms with Crippen LogP contribution in [0.3, 0.4) is 0 Å². The van der Waals surface area contributed by atoms with Crippen molar-refractivity contribution in [3.05, 3.63) is 71.8 Å². The Bertz CT molecular complexity index is 819. The summed E-state index contributed by atoms with van der Waals surface area (Å²) in [6.45, 7) is -0.0783. The van der Waals surface area contributed by atoms with Crippen LogP contribution in [0.4, 0.5) is 0 Å². The highest BCUT2D eigenvalue weighted by molar-refractivity contribution is 6.36. The Balaban J connectivity index is 1.71. The lowest BCUT2D eigenvalue weighted by atomic mass is 10.1. The molecule has 7 heteroatoms. The van der Waals surface area contributed by atoms with Gasteiger partial charge in [-0.05, 0) is 17.5 Å². The first kappa shape index (κ1) is 21.0. The summed E-state index contributed by atoms with van der Waals surface area (Å²) in [5, 5.41) is 0. The molecule has 0 aliphatic heterocycles. The van der Waals surface area contributed by atoms with Gasteiger partial charge in [0.2, 0.25) is 5.78 Å². The molecule has 2 rings (SSSR count). The summed E-state index contributed by atoms with van der Waals surface area (Å²) in [6.07, 6.45) is -0.453. The molecule has 0 aromatic heterocycles. The van der Waals surface area contributed by atoms with Crippen molar-refractivity contribution in [2.24, 2.45) is 5.73 Å². The zero-order chi connectivity index (χ0) is 20.4. The van der Waals surface area contributed by atoms with Gasteiger partial charge in [0.1, 0.15) is 13.2 Å². The number of hydrogen-bond donors (Lipinski definition) is 1. The van der Waals surface area contributed by atoms with Crippen molar-refractivity contribution < 1.29 is 28.7 Å². The number of rotatable bonds is 10. The maximum atomic E-state index is 11.9. The third-order valence-corrected chi connectivity index (χ3v) is 3.87. The molecule has 0 amide bonds. The SMILES string of the molecule is N[C@H](CCC(=O)C(=O)OCc1ccccc1)C(=O)C(=O)OCc1ccccc1. The van der Waals surface area contributed by atoms with E-state index in [0.29, 0.717) is 0 Å². The van der Waals surface area contributed by atoms with Crippen molar-refractivity contribution in [1.29, 1.82) is 0 Å². The van der Waals surface area contributed by atoms with Crippen LogP contribution in [0.1, 0.15) is 24.0 Å². The zero-order valence-electron chi connectivity index (χ0n) is 15.2. The first-order chi connectivity index (χ1) is 13.5. The average Bonchev–Trinajstić information content (AvgIpc) is 2.74. The van der Waals surface area contributed by atoms with Crippen molar-refractivity contribution in [3.8, 4) is 0 Å². The van der Waals surface area contributed by atoms with Gasteiger partial charge >= 0.3 is 11.9 Å². The lowest BCUT2D eigenvalue weighted by Gasteiger charge is -2.10. The molecule has 0 heterocycles. The molecule has 0 spiro atoms. The standard InChI is InChI=1S/C21H21NO6/c22-17(19(24)21(26)28-14-16-9-5-2-6-10-16)11-12-18(23)20(25)27-13-15-7-3-1-4-8-15/h1-10,17H,11-14,22H2/t17-/m1/s1. The van der Waals surface area contributed by atoms with Crippen molar-refractivity contribution in [3.63, 3.8) is 0 Å². The number of Topliss-reactive ketones (excluding diaryl/α,β-unsaturated/α-hetero) is 2. The number of nitrogens with two attached hydrogens (primary N) is 1. The Morgan fingerprint density at radius 1 is 0.750 bits per heavy atom. The highest BCUT2D eigenvalue weighted by atomic mass is 16.5. The highest BCUT2D eigenvalue weighted by Gasteiger charge is 2.25. The van der Waals surface area contributed by atoms with Crippen LogP contribution in [0.5, 0.6) is 0 Å². The summed E-state index contributed by atoms with van der Waals surface area (Å²) in [7, 11) is 0. The molecular weight excluding hydrogens is 362 g/mol. The van der Waals surface area contributed by atoms with E-state index in [2.05, 4.69) is 0 Å². The fourth-order valence-electron chi connectivity index (χ4n) is 2.27. The van der Waals surface area contributed by atoms with E-state index in [-0.39, 0.29) is 26.1 Å². The van der Waals surface area contributed by atoms with E-state index in [1.165, 1.54) is 0 Å². The number of ether oxygens (including phenoxy) is 2. The normalized spacial score (nSPS) is 11.3. The molecule has 0 fully saturated rings. The van der Waals surface area contributed by atoms with Crippen LogP contribution in [0.15, 0.2) is 60.7 Å². The third kappa shape index (κ3) is 6.77. The largest absolute Gasteiger partial charge is 0.455 e. The molecule has 1 atom stereocenters. The van der Waals surface area contributed by atoms with Gasteiger partial charge in [0, 0.05) is 6.42 Å². The average molecular weight is 383 g/mol. The molecule has 0 radical (unpaired) electrons. The van der Waals surface area contributed by atoms with Crippen molar-refractivity contribution >= 4 is 23.5 Å². The number of ketones is 2. The van der Waals surface area contributed by atoms with E-state index in [4.69, 9.17) is 15.2 Å². The number of hydrogen-bond acceptors (Lipinski definition) is 7. The van der Waals surface area contributed by atoms with Gasteiger partial charge in [-0.1, -0.05) is 60.7 Å². The molecule has 0 saturated carbocycles. The lowest BCUT2D eigenvalue weighted by Crippen LogP contribution is -2.37. The van der Waals surface area contributed by atoms with Gasteiger partial charge < -0.3 is 15.2 Å². The minimum Gasteiger partial charge on any atom is -0.455 e. The third-order valence-electron chi connectivity index (χ3n) is 3.87. The second-order valence-corrected chi connectivity index (χ2v) is 6.06. The van der Waals surface area contributed by atoms with E-state index >= 15 is 0 Å². The second-order valence-electron chi connectivity index (χ2n) is 6.06. The molecule has 28 heavy (non-hydrogen) atoms. The number of carbonyl (C=O) groups excluding carboxylic acids is 4. The molecule has 0 bridgehead atoms. The van der Waals surface area contributed by atoms with Crippen molar-refractivity contribution in [2.75, 3.05) is 0 Å². The zero-order valence-corrected chi connectivity index (χ0v) is 15.2. The Morgan fingerprint density at radius 3 is 1.71 bits per heavy atom. The maximum absolute atomic E-state index is 11.9. The Kier molecular flexibility index (Phi) is 8.05. The van der Waals surface area contributed by atoms with E-state index in [0.717, 1.165) is 11.1 Å². The van der Waals surface area contributed by atoms with E-state index in [9.17, 15) is 19.2 Å². The van der Waals surface area contributed by atoms with E-state index < -0.39 is 29.5 Å². The number of benzene rings is 2. The van der Waals surface area contributed by atoms with Crippen LogP contribution in [0.25, 0.3) is 0 Å². The summed E-state index contributed by atoms with van der Waals surface area (Å²) >= 11 is 0. The van der Waals surface area contributed by atoms with E-state index in [1.54, 1.807) is 48.5 Å². The molecule has 0 aliphatic carbocycles. The van der Waals surface area contributed by atoms with Crippen LogP contribution in [0.2, 0.25) is 0 Å². The monoisotopic (exact) mass is 383 g/mol. The first-order valence-electron chi connectivity index (χ1n) is 8.71. The summed E-state index contributed by atoms with van der Waals surface area (Å²) < 4.78 is 9.82. The summed E-state index contributed by atoms with van der Waals surface area (Å²) in [6, 6.07) is 16.5. The number of esters is 2. The molecule has 7 nitrogen and oxygen atoms in total. The first-order valence-corrected chi connectivity index (χ1v) is 8.71. The summed E-state index contributed by atoms with van der Waals surface area (Å²) in [5.74, 6) is -3.83. The number of carbonyl (C=O) groups is 4. The molecule has 0 saturated heterocycles. The van der Waals surface area contributed by atoms with Crippen molar-refractivity contribution in [2.45, 2.75) is 32.1 Å². The quantitative estimate of drug-likeness (QED) is 0.491. The lowest BCUT2D eigenvalue weighted by molar-refractivity contribution is -0.156. The van der Waals surface area contributed by atoms with Gasteiger partial charge in [0.05, 0.1) is 6.04 Å². The van der Waals surface area contributed by atoms with Crippen LogP contribution >= 0.6 is 0 Å². The molecule has 0 unspecified atom stereocenters. The Morgan fingerprint density at radius 2 is 1.21 bits per heavy atom. The minimum absolute atomic E-state index is 0.0256. The van der Waals surface area contributed by atoms with Gasteiger partial charge in [-0.25, -0.2) is 9.59 Å². The topological polar surface area (TPSA) is 113 Å². The summed E-state index contributed by atoms with van der Waals surface area (Å²) in [4.78, 5) is 47.2. The van der Waals surface area contributed by atoms with Gasteiger partial charge in [-0.15, -0.1) is 0 Å². The van der Waals surface area contributed by atoms with E-state index in [1.807, 2.05) is 12.1 Å². The highest BCUT2D eigenvalue weighted by Crippen LogP contribution is 2.05. The molecule has 2 aromatic rings. The maximum Gasteiger partial charge on any atom is 0.376 e. The molecule has 2 aromatic carbocycles. The Hall–Kier alpha value is -3.32. The minimum atomic E-state index is -1.23. The van der Waals surface area contributed by atoms with Gasteiger partial charge in [0.15, 0.2) is 0 Å². The fraction of sp³-hybridized carbons (Fsp3) is 0.238. The second kappa shape index (κ2) is 10.7. The van der Waals surface area contributed by atoms with Crippen LogP contribution in [-0.4, -0.2) is 29.5 Å². The van der Waals surface area contributed by atoms with Gasteiger partial charge in [-0.3, -0.25) is 9.59 Å². The fourth-order valence-corrected chi connectivity index (χ4v) is 2.27. The van der Waals surface area contributed by atoms with Crippen LogP contribution < -0.4 is 5.73 Å². The van der Waals surface area contributed by atoms with Crippen LogP contribution in [0, 0.1) is 0 Å². The molecule has 0 aliphatic rings. The van der Waals surface area contributed by atoms with Gasteiger partial charge in [0.25, 0.3) is 5.78 Å². The van der Waals surface area contributed by atoms with Gasteiger partial charge in [-0.2, -0.15) is 0 Å². The smallest absolute Gasteiger partial charge is 0.376 e. The predicted molar refractivity (Wildman–Crippen MR) is 99.7 cm³/mol.